The van der Waals surface area contributed by atoms with Gasteiger partial charge in [0.15, 0.2) is 0 Å². The van der Waals surface area contributed by atoms with Crippen LogP contribution >= 0.6 is 0 Å². The fraction of sp³-hybridized carbons (Fsp3) is 0.667. The molecule has 0 N–H and O–H groups in total. The molecule has 2 heterocycles. The molecule has 1 unspecified atom stereocenters. The number of aromatic nitrogens is 2. The normalized spacial score (nSPS) is 20.8. The minimum atomic E-state index is -3.70. The van der Waals surface area contributed by atoms with Gasteiger partial charge in [0.1, 0.15) is 10.9 Å². The van der Waals surface area contributed by atoms with Gasteiger partial charge in [-0.05, 0) is 26.2 Å². The third kappa shape index (κ3) is 2.85. The average molecular weight is 301 g/mol. The van der Waals surface area contributed by atoms with Crippen LogP contribution in [0.1, 0.15) is 26.2 Å². The first-order valence-corrected chi connectivity index (χ1v) is 8.08. The Morgan fingerprint density at radius 3 is 2.85 bits per heavy atom. The number of sulfonamides is 1. The van der Waals surface area contributed by atoms with E-state index >= 15 is 0 Å². The number of piperidine rings is 1. The van der Waals surface area contributed by atoms with E-state index in [0.717, 1.165) is 12.8 Å². The molecule has 0 aromatic carbocycles. The molecule has 1 fully saturated rings. The first-order chi connectivity index (χ1) is 9.46. The van der Waals surface area contributed by atoms with Crippen molar-refractivity contribution in [2.45, 2.75) is 37.1 Å². The SMILES string of the molecule is CCOC(=O)C1CCCCN1S(=O)(=O)c1cnn(C)c1. The van der Waals surface area contributed by atoms with E-state index < -0.39 is 22.0 Å². The second kappa shape index (κ2) is 5.92. The maximum absolute atomic E-state index is 12.6. The highest BCUT2D eigenvalue weighted by Gasteiger charge is 2.38. The van der Waals surface area contributed by atoms with Crippen LogP contribution in [0.25, 0.3) is 0 Å². The van der Waals surface area contributed by atoms with Crippen molar-refractivity contribution in [2.75, 3.05) is 13.2 Å². The Hall–Kier alpha value is -1.41. The Balaban J connectivity index is 2.29. The number of hydrogen-bond donors (Lipinski definition) is 0. The lowest BCUT2D eigenvalue weighted by molar-refractivity contribution is -0.148. The van der Waals surface area contributed by atoms with Crippen molar-refractivity contribution in [3.8, 4) is 0 Å². The summed E-state index contributed by atoms with van der Waals surface area (Å²) in [7, 11) is -2.05. The second-order valence-electron chi connectivity index (χ2n) is 4.73. The van der Waals surface area contributed by atoms with Gasteiger partial charge in [0.25, 0.3) is 0 Å². The number of carbonyl (C=O) groups excluding carboxylic acids is 1. The second-order valence-corrected chi connectivity index (χ2v) is 6.62. The van der Waals surface area contributed by atoms with E-state index in [4.69, 9.17) is 4.74 Å². The van der Waals surface area contributed by atoms with Crippen LogP contribution in [0.2, 0.25) is 0 Å². The average Bonchev–Trinajstić information content (AvgIpc) is 2.86. The first-order valence-electron chi connectivity index (χ1n) is 6.64. The minimum absolute atomic E-state index is 0.108. The molecule has 1 aromatic rings. The van der Waals surface area contributed by atoms with Crippen molar-refractivity contribution in [1.29, 1.82) is 0 Å². The zero-order valence-corrected chi connectivity index (χ0v) is 12.5. The van der Waals surface area contributed by atoms with Crippen LogP contribution in [0.4, 0.5) is 0 Å². The number of hydrogen-bond acceptors (Lipinski definition) is 5. The van der Waals surface area contributed by atoms with Crippen molar-refractivity contribution in [1.82, 2.24) is 14.1 Å². The summed E-state index contributed by atoms with van der Waals surface area (Å²) in [6.07, 6.45) is 4.80. The van der Waals surface area contributed by atoms with Crippen molar-refractivity contribution >= 4 is 16.0 Å². The number of nitrogens with zero attached hydrogens (tertiary/aromatic N) is 3. The predicted octanol–water partition coefficient (Wildman–Crippen LogP) is 0.526. The molecule has 0 radical (unpaired) electrons. The molecule has 1 aliphatic heterocycles. The molecular formula is C12H19N3O4S. The molecule has 0 saturated carbocycles. The molecule has 7 nitrogen and oxygen atoms in total. The number of carbonyl (C=O) groups is 1. The number of aryl methyl sites for hydroxylation is 1. The topological polar surface area (TPSA) is 81.5 Å². The number of esters is 1. The van der Waals surface area contributed by atoms with E-state index in [1.165, 1.54) is 21.4 Å². The van der Waals surface area contributed by atoms with Gasteiger partial charge in [-0.3, -0.25) is 9.48 Å². The lowest BCUT2D eigenvalue weighted by atomic mass is 10.1. The van der Waals surface area contributed by atoms with Crippen LogP contribution in [-0.2, 0) is 26.6 Å². The monoisotopic (exact) mass is 301 g/mol. The van der Waals surface area contributed by atoms with Gasteiger partial charge >= 0.3 is 5.97 Å². The van der Waals surface area contributed by atoms with Gasteiger partial charge < -0.3 is 4.74 Å². The highest BCUT2D eigenvalue weighted by Crippen LogP contribution is 2.25. The fourth-order valence-electron chi connectivity index (χ4n) is 2.33. The minimum Gasteiger partial charge on any atom is -0.465 e. The largest absolute Gasteiger partial charge is 0.465 e. The van der Waals surface area contributed by atoms with Gasteiger partial charge in [0.05, 0.1) is 12.8 Å². The predicted molar refractivity (Wildman–Crippen MR) is 71.4 cm³/mol. The maximum Gasteiger partial charge on any atom is 0.324 e. The summed E-state index contributed by atoms with van der Waals surface area (Å²) < 4.78 is 32.8. The fourth-order valence-corrected chi connectivity index (χ4v) is 3.97. The molecule has 112 valence electrons. The zero-order valence-electron chi connectivity index (χ0n) is 11.7. The van der Waals surface area contributed by atoms with Crippen molar-refractivity contribution in [3.05, 3.63) is 12.4 Å². The van der Waals surface area contributed by atoms with E-state index in [1.807, 2.05) is 0 Å². The molecular weight excluding hydrogens is 282 g/mol. The Morgan fingerprint density at radius 1 is 1.50 bits per heavy atom. The summed E-state index contributed by atoms with van der Waals surface area (Å²) in [5.41, 5.74) is 0. The van der Waals surface area contributed by atoms with Crippen LogP contribution < -0.4 is 0 Å². The zero-order chi connectivity index (χ0) is 14.8. The summed E-state index contributed by atoms with van der Waals surface area (Å²) in [4.78, 5) is 12.1. The van der Waals surface area contributed by atoms with Crippen molar-refractivity contribution in [2.24, 2.45) is 7.05 Å². The van der Waals surface area contributed by atoms with Crippen LogP contribution in [0.5, 0.6) is 0 Å². The van der Waals surface area contributed by atoms with Gasteiger partial charge in [-0.25, -0.2) is 8.42 Å². The van der Waals surface area contributed by atoms with Crippen molar-refractivity contribution in [3.63, 3.8) is 0 Å². The Bertz CT molecular complexity index is 581. The van der Waals surface area contributed by atoms with Crippen LogP contribution in [0.3, 0.4) is 0 Å². The number of ether oxygens (including phenoxy) is 1. The Kier molecular flexibility index (Phi) is 4.44. The quantitative estimate of drug-likeness (QED) is 0.758. The summed E-state index contributed by atoms with van der Waals surface area (Å²) in [6.45, 7) is 2.29. The maximum atomic E-state index is 12.6. The molecule has 8 heteroatoms. The molecule has 20 heavy (non-hydrogen) atoms. The molecule has 1 aromatic heterocycles. The summed E-state index contributed by atoms with van der Waals surface area (Å²) in [5, 5.41) is 3.88. The van der Waals surface area contributed by atoms with Crippen LogP contribution in [0, 0.1) is 0 Å². The van der Waals surface area contributed by atoms with Crippen molar-refractivity contribution < 1.29 is 17.9 Å². The first kappa shape index (κ1) is 15.0. The van der Waals surface area contributed by atoms with Crippen LogP contribution in [0.15, 0.2) is 17.3 Å². The lowest BCUT2D eigenvalue weighted by Gasteiger charge is -2.32. The molecule has 0 amide bonds. The summed E-state index contributed by atoms with van der Waals surface area (Å²) in [6, 6.07) is -0.728. The van der Waals surface area contributed by atoms with Gasteiger partial charge in [-0.2, -0.15) is 9.40 Å². The molecule has 1 aliphatic rings. The van der Waals surface area contributed by atoms with E-state index in [-0.39, 0.29) is 11.5 Å². The lowest BCUT2D eigenvalue weighted by Crippen LogP contribution is -2.48. The molecule has 1 atom stereocenters. The van der Waals surface area contributed by atoms with E-state index in [2.05, 4.69) is 5.10 Å². The van der Waals surface area contributed by atoms with E-state index in [9.17, 15) is 13.2 Å². The Morgan fingerprint density at radius 2 is 2.25 bits per heavy atom. The summed E-state index contributed by atoms with van der Waals surface area (Å²) in [5.74, 6) is -0.473. The van der Waals surface area contributed by atoms with Crippen LogP contribution in [-0.4, -0.2) is 47.7 Å². The standard InChI is InChI=1S/C12H19N3O4S/c1-3-19-12(16)11-6-4-5-7-15(11)20(17,18)10-8-13-14(2)9-10/h8-9,11H,3-7H2,1-2H3. The molecule has 1 saturated heterocycles. The van der Waals surface area contributed by atoms with Gasteiger partial charge in [0, 0.05) is 19.8 Å². The highest BCUT2D eigenvalue weighted by molar-refractivity contribution is 7.89. The molecule has 2 rings (SSSR count). The van der Waals surface area contributed by atoms with E-state index in [1.54, 1.807) is 14.0 Å². The summed E-state index contributed by atoms with van der Waals surface area (Å²) >= 11 is 0. The smallest absolute Gasteiger partial charge is 0.324 e. The third-order valence-electron chi connectivity index (χ3n) is 3.30. The van der Waals surface area contributed by atoms with E-state index in [0.29, 0.717) is 13.0 Å². The molecule has 0 aliphatic carbocycles. The highest BCUT2D eigenvalue weighted by atomic mass is 32.2. The molecule has 0 bridgehead atoms. The van der Waals surface area contributed by atoms with Gasteiger partial charge in [-0.1, -0.05) is 0 Å². The number of rotatable bonds is 4. The Labute approximate surface area is 118 Å². The van der Waals surface area contributed by atoms with Gasteiger partial charge in [-0.15, -0.1) is 0 Å². The third-order valence-corrected chi connectivity index (χ3v) is 5.16. The van der Waals surface area contributed by atoms with Gasteiger partial charge in [0.2, 0.25) is 10.0 Å². The molecule has 0 spiro atoms.